The van der Waals surface area contributed by atoms with Gasteiger partial charge >= 0.3 is 0 Å². The molecule has 192 valence electrons. The van der Waals surface area contributed by atoms with Gasteiger partial charge in [-0.05, 0) is 62.6 Å². The van der Waals surface area contributed by atoms with Gasteiger partial charge in [0.2, 0.25) is 21.8 Å². The number of nitrogens with zero attached hydrogens (tertiary/aromatic N) is 2. The zero-order chi connectivity index (χ0) is 26.3. The topological polar surface area (TPSA) is 96.0 Å². The maximum Gasteiger partial charge on any atom is 0.244 e. The molecule has 0 radical (unpaired) electrons. The Hall–Kier alpha value is -2.78. The van der Waals surface area contributed by atoms with Crippen molar-refractivity contribution in [2.24, 2.45) is 0 Å². The summed E-state index contributed by atoms with van der Waals surface area (Å²) in [4.78, 5) is 27.9. The second kappa shape index (κ2) is 12.3. The highest BCUT2D eigenvalue weighted by atomic mass is 35.5. The lowest BCUT2D eigenvalue weighted by Crippen LogP contribution is -2.52. The standard InChI is InChI=1S/C25H34ClN3O5S/c1-7-18(3)27-25(31)19(4)28(15-20-9-12-22(34-5)13-10-20)24(30)16-29(35(6,32)33)23-14-21(26)11-8-17(23)2/h8-14,18-19H,7,15-16H2,1-6H3,(H,27,31). The fourth-order valence-electron chi connectivity index (χ4n) is 3.42. The first kappa shape index (κ1) is 28.5. The SMILES string of the molecule is CCC(C)NC(=O)C(C)N(Cc1ccc(OC)cc1)C(=O)CN(c1cc(Cl)ccc1C)S(C)(=O)=O. The summed E-state index contributed by atoms with van der Waals surface area (Å²) < 4.78 is 31.6. The van der Waals surface area contributed by atoms with Crippen molar-refractivity contribution in [1.82, 2.24) is 10.2 Å². The van der Waals surface area contributed by atoms with Gasteiger partial charge in [-0.25, -0.2) is 8.42 Å². The first-order chi connectivity index (χ1) is 16.4. The van der Waals surface area contributed by atoms with E-state index in [1.54, 1.807) is 57.4 Å². The molecule has 0 bridgehead atoms. The molecular formula is C25H34ClN3O5S. The lowest BCUT2D eigenvalue weighted by atomic mass is 10.1. The molecule has 0 aliphatic carbocycles. The number of hydrogen-bond acceptors (Lipinski definition) is 5. The van der Waals surface area contributed by atoms with Gasteiger partial charge in [-0.1, -0.05) is 36.7 Å². The summed E-state index contributed by atoms with van der Waals surface area (Å²) in [5, 5.41) is 3.25. The van der Waals surface area contributed by atoms with Crippen molar-refractivity contribution in [3.05, 3.63) is 58.6 Å². The Morgan fingerprint density at radius 2 is 1.74 bits per heavy atom. The molecule has 35 heavy (non-hydrogen) atoms. The van der Waals surface area contributed by atoms with E-state index in [-0.39, 0.29) is 18.5 Å². The average Bonchev–Trinajstić information content (AvgIpc) is 2.81. The number of amides is 2. The molecule has 2 amide bonds. The lowest BCUT2D eigenvalue weighted by Gasteiger charge is -2.32. The van der Waals surface area contributed by atoms with Gasteiger partial charge in [0, 0.05) is 17.6 Å². The number of carbonyl (C=O) groups excluding carboxylic acids is 2. The summed E-state index contributed by atoms with van der Waals surface area (Å²) in [5.41, 5.74) is 1.73. The minimum Gasteiger partial charge on any atom is -0.497 e. The predicted octanol–water partition coefficient (Wildman–Crippen LogP) is 3.76. The van der Waals surface area contributed by atoms with Crippen molar-refractivity contribution in [2.45, 2.75) is 52.7 Å². The first-order valence-corrected chi connectivity index (χ1v) is 13.6. The maximum atomic E-state index is 13.6. The molecule has 2 aromatic rings. The Bertz CT molecular complexity index is 1140. The van der Waals surface area contributed by atoms with E-state index in [1.807, 2.05) is 13.8 Å². The fourth-order valence-corrected chi connectivity index (χ4v) is 4.49. The van der Waals surface area contributed by atoms with Crippen LogP contribution in [0, 0.1) is 6.92 Å². The maximum absolute atomic E-state index is 13.6. The van der Waals surface area contributed by atoms with Crippen molar-refractivity contribution in [3.63, 3.8) is 0 Å². The van der Waals surface area contributed by atoms with Crippen LogP contribution in [-0.2, 0) is 26.2 Å². The van der Waals surface area contributed by atoms with Crippen LogP contribution in [0.1, 0.15) is 38.3 Å². The van der Waals surface area contributed by atoms with Crippen molar-refractivity contribution in [2.75, 3.05) is 24.2 Å². The number of carbonyl (C=O) groups is 2. The molecule has 0 heterocycles. The van der Waals surface area contributed by atoms with Crippen molar-refractivity contribution in [1.29, 1.82) is 0 Å². The van der Waals surface area contributed by atoms with E-state index in [0.717, 1.165) is 22.5 Å². The Labute approximate surface area is 213 Å². The summed E-state index contributed by atoms with van der Waals surface area (Å²) in [6.45, 7) is 6.85. The smallest absolute Gasteiger partial charge is 0.244 e. The minimum atomic E-state index is -3.83. The van der Waals surface area contributed by atoms with E-state index in [9.17, 15) is 18.0 Å². The van der Waals surface area contributed by atoms with Crippen LogP contribution in [0.5, 0.6) is 5.75 Å². The van der Waals surface area contributed by atoms with Crippen LogP contribution >= 0.6 is 11.6 Å². The highest BCUT2D eigenvalue weighted by Crippen LogP contribution is 2.27. The Morgan fingerprint density at radius 1 is 1.11 bits per heavy atom. The highest BCUT2D eigenvalue weighted by Gasteiger charge is 2.31. The number of halogens is 1. The lowest BCUT2D eigenvalue weighted by molar-refractivity contribution is -0.139. The molecule has 2 atom stereocenters. The normalized spacial score (nSPS) is 13.0. The molecule has 10 heteroatoms. The van der Waals surface area contributed by atoms with Gasteiger partial charge < -0.3 is 15.0 Å². The third kappa shape index (κ3) is 7.86. The van der Waals surface area contributed by atoms with E-state index in [0.29, 0.717) is 22.0 Å². The van der Waals surface area contributed by atoms with Gasteiger partial charge in [-0.3, -0.25) is 13.9 Å². The van der Waals surface area contributed by atoms with E-state index < -0.39 is 28.5 Å². The Morgan fingerprint density at radius 3 is 2.29 bits per heavy atom. The monoisotopic (exact) mass is 523 g/mol. The van der Waals surface area contributed by atoms with Crippen LogP contribution in [0.2, 0.25) is 5.02 Å². The molecule has 0 fully saturated rings. The third-order valence-electron chi connectivity index (χ3n) is 5.80. The summed E-state index contributed by atoms with van der Waals surface area (Å²) in [6, 6.07) is 11.1. The second-order valence-corrected chi connectivity index (χ2v) is 10.9. The second-order valence-electron chi connectivity index (χ2n) is 8.56. The Balaban J connectivity index is 2.42. The van der Waals surface area contributed by atoms with Crippen LogP contribution in [0.15, 0.2) is 42.5 Å². The van der Waals surface area contributed by atoms with Crippen LogP contribution in [-0.4, -0.2) is 57.1 Å². The fraction of sp³-hybridized carbons (Fsp3) is 0.440. The van der Waals surface area contributed by atoms with Crippen LogP contribution in [0.25, 0.3) is 0 Å². The van der Waals surface area contributed by atoms with Crippen LogP contribution < -0.4 is 14.4 Å². The largest absolute Gasteiger partial charge is 0.497 e. The number of ether oxygens (including phenoxy) is 1. The van der Waals surface area contributed by atoms with E-state index in [4.69, 9.17) is 16.3 Å². The molecule has 2 unspecified atom stereocenters. The van der Waals surface area contributed by atoms with E-state index in [1.165, 1.54) is 11.0 Å². The van der Waals surface area contributed by atoms with Gasteiger partial charge in [-0.15, -0.1) is 0 Å². The average molecular weight is 524 g/mol. The molecule has 0 aromatic heterocycles. The summed E-state index contributed by atoms with van der Waals surface area (Å²) in [5.74, 6) is -0.169. The molecule has 0 aliphatic heterocycles. The zero-order valence-corrected chi connectivity index (χ0v) is 22.6. The molecule has 0 spiro atoms. The van der Waals surface area contributed by atoms with Crippen LogP contribution in [0.3, 0.4) is 0 Å². The van der Waals surface area contributed by atoms with E-state index >= 15 is 0 Å². The number of benzene rings is 2. The molecule has 0 saturated heterocycles. The number of sulfonamides is 1. The summed E-state index contributed by atoms with van der Waals surface area (Å²) in [7, 11) is -2.27. The van der Waals surface area contributed by atoms with Gasteiger partial charge in [0.05, 0.1) is 19.1 Å². The van der Waals surface area contributed by atoms with Gasteiger partial charge in [0.1, 0.15) is 18.3 Å². The van der Waals surface area contributed by atoms with Gasteiger partial charge in [0.25, 0.3) is 0 Å². The first-order valence-electron chi connectivity index (χ1n) is 11.3. The van der Waals surface area contributed by atoms with E-state index in [2.05, 4.69) is 5.32 Å². The zero-order valence-electron chi connectivity index (χ0n) is 21.0. The number of nitrogens with one attached hydrogen (secondary N) is 1. The molecule has 1 N–H and O–H groups in total. The predicted molar refractivity (Wildman–Crippen MR) is 139 cm³/mol. The number of rotatable bonds is 11. The molecule has 8 nitrogen and oxygen atoms in total. The molecule has 0 saturated carbocycles. The van der Waals surface area contributed by atoms with Gasteiger partial charge in [0.15, 0.2) is 0 Å². The number of aryl methyl sites for hydroxylation is 1. The quantitative estimate of drug-likeness (QED) is 0.484. The van der Waals surface area contributed by atoms with Gasteiger partial charge in [-0.2, -0.15) is 0 Å². The summed E-state index contributed by atoms with van der Waals surface area (Å²) in [6.07, 6.45) is 1.77. The molecule has 2 aromatic carbocycles. The van der Waals surface area contributed by atoms with Crippen LogP contribution in [0.4, 0.5) is 5.69 Å². The number of anilines is 1. The minimum absolute atomic E-state index is 0.0653. The highest BCUT2D eigenvalue weighted by molar-refractivity contribution is 7.92. The van der Waals surface area contributed by atoms with Crippen molar-refractivity contribution >= 4 is 39.1 Å². The molecule has 0 aliphatic rings. The van der Waals surface area contributed by atoms with Crippen molar-refractivity contribution in [3.8, 4) is 5.75 Å². The molecular weight excluding hydrogens is 490 g/mol. The molecule has 2 rings (SSSR count). The Kier molecular flexibility index (Phi) is 9.97. The number of methoxy groups -OCH3 is 1. The number of hydrogen-bond donors (Lipinski definition) is 1. The third-order valence-corrected chi connectivity index (χ3v) is 7.16. The summed E-state index contributed by atoms with van der Waals surface area (Å²) >= 11 is 6.12. The van der Waals surface area contributed by atoms with Crippen molar-refractivity contribution < 1.29 is 22.7 Å².